The van der Waals surface area contributed by atoms with Gasteiger partial charge in [0, 0.05) is 32.3 Å². The lowest BCUT2D eigenvalue weighted by Crippen LogP contribution is -1.99. The lowest BCUT2D eigenvalue weighted by molar-refractivity contribution is 0.290. The molecule has 3 aromatic carbocycles. The SMILES string of the molecule is C=C(Cl)c1cc(OCc2ccccc2Cl)cc(OCc2ccccc2Cl)c1. The van der Waals surface area contributed by atoms with E-state index in [1.165, 1.54) is 0 Å². The minimum absolute atomic E-state index is 0.335. The molecule has 2 nitrogen and oxygen atoms in total. The molecule has 0 aliphatic rings. The summed E-state index contributed by atoms with van der Waals surface area (Å²) >= 11 is 18.5. The molecule has 0 aliphatic carbocycles. The summed E-state index contributed by atoms with van der Waals surface area (Å²) in [6, 6.07) is 20.5. The fraction of sp³-hybridized carbons (Fsp3) is 0.0909. The van der Waals surface area contributed by atoms with Crippen molar-refractivity contribution in [3.05, 3.63) is 100 Å². The maximum atomic E-state index is 6.18. The average molecular weight is 420 g/mol. The highest BCUT2D eigenvalue weighted by molar-refractivity contribution is 6.48. The van der Waals surface area contributed by atoms with E-state index in [9.17, 15) is 0 Å². The van der Waals surface area contributed by atoms with Gasteiger partial charge in [-0.1, -0.05) is 77.8 Å². The monoisotopic (exact) mass is 418 g/mol. The van der Waals surface area contributed by atoms with Gasteiger partial charge in [-0.3, -0.25) is 0 Å². The summed E-state index contributed by atoms with van der Waals surface area (Å²) < 4.78 is 11.8. The van der Waals surface area contributed by atoms with Crippen LogP contribution in [0.25, 0.3) is 5.03 Å². The van der Waals surface area contributed by atoms with Gasteiger partial charge in [0.05, 0.1) is 0 Å². The van der Waals surface area contributed by atoms with Crippen LogP contribution in [0, 0.1) is 0 Å². The van der Waals surface area contributed by atoms with Gasteiger partial charge in [-0.15, -0.1) is 0 Å². The summed E-state index contributed by atoms with van der Waals surface area (Å²) in [5.41, 5.74) is 2.52. The third-order valence-electron chi connectivity index (χ3n) is 3.90. The van der Waals surface area contributed by atoms with Gasteiger partial charge in [-0.25, -0.2) is 0 Å². The highest BCUT2D eigenvalue weighted by atomic mass is 35.5. The van der Waals surface area contributed by atoms with E-state index in [1.807, 2.05) is 60.7 Å². The molecule has 0 N–H and O–H groups in total. The minimum Gasteiger partial charge on any atom is -0.489 e. The van der Waals surface area contributed by atoms with Crippen molar-refractivity contribution in [3.8, 4) is 11.5 Å². The van der Waals surface area contributed by atoms with Crippen molar-refractivity contribution in [2.45, 2.75) is 13.2 Å². The van der Waals surface area contributed by atoms with Crippen LogP contribution in [0.1, 0.15) is 16.7 Å². The summed E-state index contributed by atoms with van der Waals surface area (Å²) in [5.74, 6) is 1.23. The molecule has 0 amide bonds. The Morgan fingerprint density at radius 3 is 1.59 bits per heavy atom. The first-order valence-electron chi connectivity index (χ1n) is 8.25. The van der Waals surface area contributed by atoms with Crippen LogP contribution in [-0.2, 0) is 13.2 Å². The molecule has 0 saturated heterocycles. The van der Waals surface area contributed by atoms with Crippen molar-refractivity contribution in [2.24, 2.45) is 0 Å². The van der Waals surface area contributed by atoms with Gasteiger partial charge in [0.15, 0.2) is 0 Å². The fourth-order valence-corrected chi connectivity index (χ4v) is 2.94. The zero-order chi connectivity index (χ0) is 19.2. The van der Waals surface area contributed by atoms with E-state index in [2.05, 4.69) is 6.58 Å². The second-order valence-electron chi connectivity index (χ2n) is 5.86. The molecular weight excluding hydrogens is 403 g/mol. The molecular formula is C22H17Cl3O2. The predicted octanol–water partition coefficient (Wildman–Crippen LogP) is 7.36. The zero-order valence-electron chi connectivity index (χ0n) is 14.4. The highest BCUT2D eigenvalue weighted by Crippen LogP contribution is 2.30. The van der Waals surface area contributed by atoms with E-state index < -0.39 is 0 Å². The van der Waals surface area contributed by atoms with Crippen LogP contribution >= 0.6 is 34.8 Å². The third kappa shape index (κ3) is 5.43. The normalized spacial score (nSPS) is 10.5. The quantitative estimate of drug-likeness (QED) is 0.398. The van der Waals surface area contributed by atoms with Gasteiger partial charge in [-0.2, -0.15) is 0 Å². The predicted molar refractivity (Wildman–Crippen MR) is 113 cm³/mol. The van der Waals surface area contributed by atoms with Crippen LogP contribution in [0.2, 0.25) is 10.0 Å². The average Bonchev–Trinajstić information content (AvgIpc) is 2.66. The largest absolute Gasteiger partial charge is 0.489 e. The molecule has 0 saturated carbocycles. The van der Waals surface area contributed by atoms with Gasteiger partial charge >= 0.3 is 0 Å². The summed E-state index contributed by atoms with van der Waals surface area (Å²) in [6.45, 7) is 4.45. The van der Waals surface area contributed by atoms with Crippen molar-refractivity contribution in [1.82, 2.24) is 0 Å². The Kier molecular flexibility index (Phi) is 6.68. The Hall–Kier alpha value is -2.13. The number of benzene rings is 3. The summed E-state index contributed by atoms with van der Waals surface area (Å²) in [7, 11) is 0. The molecule has 0 fully saturated rings. The second-order valence-corrected chi connectivity index (χ2v) is 7.13. The van der Waals surface area contributed by atoms with E-state index in [0.717, 1.165) is 16.7 Å². The first-order chi connectivity index (χ1) is 13.0. The minimum atomic E-state index is 0.335. The summed E-state index contributed by atoms with van der Waals surface area (Å²) in [4.78, 5) is 0. The maximum Gasteiger partial charge on any atom is 0.124 e. The van der Waals surface area contributed by atoms with Gasteiger partial charge in [-0.05, 0) is 29.8 Å². The Balaban J connectivity index is 1.77. The Bertz CT molecular complexity index is 886. The van der Waals surface area contributed by atoms with Crippen molar-refractivity contribution < 1.29 is 9.47 Å². The van der Waals surface area contributed by atoms with Crippen molar-refractivity contribution in [2.75, 3.05) is 0 Å². The first kappa shape index (κ1) is 19.6. The Morgan fingerprint density at radius 1 is 0.741 bits per heavy atom. The number of halogens is 3. The summed E-state index contributed by atoms with van der Waals surface area (Å²) in [5, 5.41) is 1.72. The number of hydrogen-bond acceptors (Lipinski definition) is 2. The molecule has 0 radical (unpaired) electrons. The molecule has 0 heterocycles. The van der Waals surface area contributed by atoms with E-state index in [4.69, 9.17) is 44.3 Å². The molecule has 0 bridgehead atoms. The Morgan fingerprint density at radius 2 is 1.19 bits per heavy atom. The van der Waals surface area contributed by atoms with Gasteiger partial charge in [0.25, 0.3) is 0 Å². The van der Waals surface area contributed by atoms with Crippen LogP contribution in [0.4, 0.5) is 0 Å². The molecule has 0 unspecified atom stereocenters. The lowest BCUT2D eigenvalue weighted by Gasteiger charge is -2.13. The highest BCUT2D eigenvalue weighted by Gasteiger charge is 2.08. The molecule has 138 valence electrons. The lowest BCUT2D eigenvalue weighted by atomic mass is 10.2. The fourth-order valence-electron chi connectivity index (χ4n) is 2.45. The summed E-state index contributed by atoms with van der Waals surface area (Å²) in [6.07, 6.45) is 0. The molecule has 27 heavy (non-hydrogen) atoms. The smallest absolute Gasteiger partial charge is 0.124 e. The van der Waals surface area contributed by atoms with Crippen LogP contribution in [0.3, 0.4) is 0 Å². The molecule has 0 atom stereocenters. The van der Waals surface area contributed by atoms with Crippen LogP contribution in [0.15, 0.2) is 73.3 Å². The van der Waals surface area contributed by atoms with Crippen LogP contribution in [-0.4, -0.2) is 0 Å². The van der Waals surface area contributed by atoms with E-state index in [1.54, 1.807) is 6.07 Å². The third-order valence-corrected chi connectivity index (χ3v) is 4.85. The first-order valence-corrected chi connectivity index (χ1v) is 9.38. The molecule has 0 aliphatic heterocycles. The van der Waals surface area contributed by atoms with Crippen molar-refractivity contribution >= 4 is 39.8 Å². The van der Waals surface area contributed by atoms with E-state index in [0.29, 0.717) is 39.8 Å². The van der Waals surface area contributed by atoms with Crippen LogP contribution in [0.5, 0.6) is 11.5 Å². The van der Waals surface area contributed by atoms with Crippen molar-refractivity contribution in [3.63, 3.8) is 0 Å². The number of rotatable bonds is 7. The number of hydrogen-bond donors (Lipinski definition) is 0. The topological polar surface area (TPSA) is 18.5 Å². The Labute approximate surface area is 173 Å². The van der Waals surface area contributed by atoms with Gasteiger partial charge in [0.1, 0.15) is 24.7 Å². The molecule has 3 aromatic rings. The molecule has 5 heteroatoms. The van der Waals surface area contributed by atoms with Gasteiger partial charge in [0.2, 0.25) is 0 Å². The van der Waals surface area contributed by atoms with Crippen molar-refractivity contribution in [1.29, 1.82) is 0 Å². The number of ether oxygens (including phenoxy) is 2. The molecule has 3 rings (SSSR count). The maximum absolute atomic E-state index is 6.18. The molecule has 0 spiro atoms. The van der Waals surface area contributed by atoms with Gasteiger partial charge < -0.3 is 9.47 Å². The zero-order valence-corrected chi connectivity index (χ0v) is 16.7. The van der Waals surface area contributed by atoms with Crippen LogP contribution < -0.4 is 9.47 Å². The molecule has 0 aromatic heterocycles. The second kappa shape index (κ2) is 9.18. The standard InChI is InChI=1S/C22H17Cl3O2/c1-15(23)18-10-19(26-13-16-6-2-4-8-21(16)24)12-20(11-18)27-14-17-7-3-5-9-22(17)25/h2-12H,1,13-14H2. The van der Waals surface area contributed by atoms with E-state index >= 15 is 0 Å². The van der Waals surface area contributed by atoms with E-state index in [-0.39, 0.29) is 0 Å².